The third-order valence-corrected chi connectivity index (χ3v) is 5.54. The summed E-state index contributed by atoms with van der Waals surface area (Å²) in [6.07, 6.45) is 20.4. The Bertz CT molecular complexity index is 856. The molecule has 35 heavy (non-hydrogen) atoms. The molecule has 4 rings (SSSR count). The van der Waals surface area contributed by atoms with Gasteiger partial charge in [-0.2, -0.15) is 0 Å². The molecule has 4 heteroatoms. The second-order valence-corrected chi connectivity index (χ2v) is 8.42. The predicted molar refractivity (Wildman–Crippen MR) is 141 cm³/mol. The van der Waals surface area contributed by atoms with Gasteiger partial charge >= 0.3 is 17.1 Å². The van der Waals surface area contributed by atoms with Gasteiger partial charge < -0.3 is 14.7 Å². The third kappa shape index (κ3) is 9.67. The van der Waals surface area contributed by atoms with Crippen LogP contribution in [-0.4, -0.2) is 37.3 Å². The molecule has 2 aliphatic rings. The maximum Gasteiger partial charge on any atom is 2.00 e. The number of aromatic hydroxyl groups is 1. The number of allylic oxidation sites excluding steroid dienone is 1. The molecule has 2 saturated carbocycles. The zero-order valence-corrected chi connectivity index (χ0v) is 21.9. The summed E-state index contributed by atoms with van der Waals surface area (Å²) in [7, 11) is 4.15. The van der Waals surface area contributed by atoms with E-state index < -0.39 is 0 Å². The maximum absolute atomic E-state index is 9.73. The molecular weight excluding hydrogens is 474 g/mol. The number of phenols is 1. The van der Waals surface area contributed by atoms with Crippen molar-refractivity contribution in [3.05, 3.63) is 129 Å². The molecule has 182 valence electrons. The fourth-order valence-corrected chi connectivity index (χ4v) is 3.85. The number of hydrogen-bond donors (Lipinski definition) is 1. The van der Waals surface area contributed by atoms with Crippen LogP contribution >= 0.6 is 0 Å². The van der Waals surface area contributed by atoms with E-state index in [-0.39, 0.29) is 22.8 Å². The van der Waals surface area contributed by atoms with Crippen LogP contribution in [0.4, 0.5) is 0 Å². The summed E-state index contributed by atoms with van der Waals surface area (Å²) in [5, 5.41) is 9.73. The van der Waals surface area contributed by atoms with Crippen LogP contribution in [0.5, 0.6) is 11.5 Å². The zero-order valence-electron chi connectivity index (χ0n) is 20.8. The first kappa shape index (κ1) is 29.5. The van der Waals surface area contributed by atoms with Gasteiger partial charge in [0.05, 0.1) is 6.61 Å². The first-order valence-corrected chi connectivity index (χ1v) is 11.9. The molecule has 0 heterocycles. The van der Waals surface area contributed by atoms with E-state index in [9.17, 15) is 5.11 Å². The number of phenolic OH excluding ortho intramolecular Hbond substituents is 1. The van der Waals surface area contributed by atoms with Crippen LogP contribution in [0.3, 0.4) is 0 Å². The van der Waals surface area contributed by atoms with Crippen molar-refractivity contribution < 1.29 is 26.9 Å². The Morgan fingerprint density at radius 1 is 0.771 bits per heavy atom. The molecule has 2 aromatic rings. The molecule has 0 amide bonds. The van der Waals surface area contributed by atoms with Crippen molar-refractivity contribution >= 4 is 5.57 Å². The minimum atomic E-state index is 0. The van der Waals surface area contributed by atoms with Crippen LogP contribution in [0.15, 0.2) is 54.1 Å². The van der Waals surface area contributed by atoms with E-state index in [1.807, 2.05) is 56.4 Å². The maximum atomic E-state index is 9.73. The molecule has 0 aromatic heterocycles. The molecule has 0 unspecified atom stereocenters. The molecule has 0 atom stereocenters. The van der Waals surface area contributed by atoms with Crippen molar-refractivity contribution in [1.82, 2.24) is 4.90 Å². The van der Waals surface area contributed by atoms with E-state index in [4.69, 9.17) is 4.74 Å². The molecule has 10 radical (unpaired) electrons. The standard InChI is InChI=1S/C26H30NO2.C5H5.Fe/c1-4-25(20-8-5-6-9-20)26(21-10-14-23(28)15-11-21)22-12-16-24(17-13-22)29-19-7-18-27(2)3;1-2-4-5-3-1;/h5-6,8-17,28H,4,7,18-19H2,1-3H3;1-5H;/q;;+2/b26-25+;;. The smallest absolute Gasteiger partial charge is 0.508 e. The van der Waals surface area contributed by atoms with Crippen molar-refractivity contribution in [3.63, 3.8) is 0 Å². The molecule has 2 aromatic carbocycles. The number of hydrogen-bond acceptors (Lipinski definition) is 3. The van der Waals surface area contributed by atoms with Crippen molar-refractivity contribution in [1.29, 1.82) is 0 Å². The second kappa shape index (κ2) is 16.1. The van der Waals surface area contributed by atoms with Crippen LogP contribution in [0, 0.1) is 63.7 Å². The summed E-state index contributed by atoms with van der Waals surface area (Å²) >= 11 is 0. The third-order valence-electron chi connectivity index (χ3n) is 5.54. The van der Waals surface area contributed by atoms with Gasteiger partial charge in [-0.15, -0.1) is 0 Å². The molecule has 1 N–H and O–H groups in total. The molecule has 0 spiro atoms. The van der Waals surface area contributed by atoms with Gasteiger partial charge in [0.1, 0.15) is 11.5 Å². The zero-order chi connectivity index (χ0) is 24.2. The average Bonchev–Trinajstić information content (AvgIpc) is 3.59. The van der Waals surface area contributed by atoms with E-state index in [1.165, 1.54) is 17.1 Å². The Morgan fingerprint density at radius 2 is 1.29 bits per heavy atom. The quantitative estimate of drug-likeness (QED) is 0.316. The second-order valence-electron chi connectivity index (χ2n) is 8.42. The molecular formula is C31H35FeNO2+2. The van der Waals surface area contributed by atoms with Gasteiger partial charge in [-0.25, -0.2) is 0 Å². The van der Waals surface area contributed by atoms with Crippen LogP contribution in [0.25, 0.3) is 5.57 Å². The topological polar surface area (TPSA) is 32.7 Å². The monoisotopic (exact) mass is 509 g/mol. The van der Waals surface area contributed by atoms with E-state index in [0.29, 0.717) is 6.61 Å². The van der Waals surface area contributed by atoms with E-state index >= 15 is 0 Å². The van der Waals surface area contributed by atoms with Crippen LogP contribution < -0.4 is 4.74 Å². The van der Waals surface area contributed by atoms with E-state index in [2.05, 4.69) is 63.7 Å². The van der Waals surface area contributed by atoms with Gasteiger partial charge in [-0.1, -0.05) is 36.8 Å². The predicted octanol–water partition coefficient (Wildman–Crippen LogP) is 6.36. The Hall–Kier alpha value is -1.74. The van der Waals surface area contributed by atoms with E-state index in [1.54, 1.807) is 12.1 Å². The van der Waals surface area contributed by atoms with Crippen LogP contribution in [0.2, 0.25) is 0 Å². The molecule has 3 nitrogen and oxygen atoms in total. The fourth-order valence-electron chi connectivity index (χ4n) is 3.85. The van der Waals surface area contributed by atoms with Gasteiger partial charge in [-0.05, 0) is 126 Å². The summed E-state index contributed by atoms with van der Waals surface area (Å²) in [4.78, 5) is 2.16. The van der Waals surface area contributed by atoms with E-state index in [0.717, 1.165) is 36.3 Å². The molecule has 0 saturated heterocycles. The van der Waals surface area contributed by atoms with Gasteiger partial charge in [0.2, 0.25) is 0 Å². The van der Waals surface area contributed by atoms with Gasteiger partial charge in [0.25, 0.3) is 0 Å². The normalized spacial score (nSPS) is 16.3. The minimum Gasteiger partial charge on any atom is -0.508 e. The fraction of sp³-hybridized carbons (Fsp3) is 0.226. The summed E-state index contributed by atoms with van der Waals surface area (Å²) < 4.78 is 5.90. The average molecular weight is 509 g/mol. The number of benzene rings is 2. The van der Waals surface area contributed by atoms with Crippen LogP contribution in [0.1, 0.15) is 30.9 Å². The number of nitrogens with zero attached hydrogens (tertiary/aromatic N) is 1. The molecule has 2 aliphatic carbocycles. The van der Waals surface area contributed by atoms with Gasteiger partial charge in [0, 0.05) is 12.5 Å². The summed E-state index contributed by atoms with van der Waals surface area (Å²) in [5.74, 6) is 2.41. The Morgan fingerprint density at radius 3 is 1.77 bits per heavy atom. The Balaban J connectivity index is 0.000000640. The van der Waals surface area contributed by atoms with Crippen molar-refractivity contribution in [2.75, 3.05) is 27.2 Å². The first-order chi connectivity index (χ1) is 16.6. The SMILES string of the molecule is CC/C([C]1[CH][CH][CH][CH]1)=C(/c1ccc(O)cc1)c1ccc(OCCCN(C)C)cc1.[CH]1[CH][CH][CH][CH]1.[Fe+2]. The van der Waals surface area contributed by atoms with Crippen molar-refractivity contribution in [3.8, 4) is 11.5 Å². The van der Waals surface area contributed by atoms with Crippen molar-refractivity contribution in [2.45, 2.75) is 19.8 Å². The van der Waals surface area contributed by atoms with Crippen LogP contribution in [-0.2, 0) is 17.1 Å². The Kier molecular flexibility index (Phi) is 13.6. The van der Waals surface area contributed by atoms with Gasteiger partial charge in [0.15, 0.2) is 0 Å². The summed E-state index contributed by atoms with van der Waals surface area (Å²) in [5.41, 5.74) is 4.73. The molecule has 0 aliphatic heterocycles. The first-order valence-electron chi connectivity index (χ1n) is 11.9. The number of ether oxygens (including phenoxy) is 1. The molecule has 2 fully saturated rings. The van der Waals surface area contributed by atoms with Crippen molar-refractivity contribution in [2.24, 2.45) is 0 Å². The molecule has 0 bridgehead atoms. The summed E-state index contributed by atoms with van der Waals surface area (Å²) in [6.45, 7) is 3.92. The number of rotatable bonds is 9. The minimum absolute atomic E-state index is 0. The van der Waals surface area contributed by atoms with Gasteiger partial charge in [-0.3, -0.25) is 0 Å². The Labute approximate surface area is 224 Å². The summed E-state index contributed by atoms with van der Waals surface area (Å²) in [6, 6.07) is 15.8. The largest absolute Gasteiger partial charge is 2.00 e.